The van der Waals surface area contributed by atoms with Crippen LogP contribution in [0.3, 0.4) is 0 Å². The number of nitrogens with one attached hydrogen (secondary N) is 1. The minimum absolute atomic E-state index is 0.257. The minimum atomic E-state index is 0.257. The maximum absolute atomic E-state index is 3.38. The summed E-state index contributed by atoms with van der Waals surface area (Å²) in [7, 11) is 0. The van der Waals surface area contributed by atoms with Gasteiger partial charge in [-0.1, -0.05) is 32.9 Å². The predicted octanol–water partition coefficient (Wildman–Crippen LogP) is 2.85. The molecule has 0 bridgehead atoms. The Hall–Kier alpha value is -0.720. The molecule has 1 aliphatic heterocycles. The second-order valence-electron chi connectivity index (χ2n) is 4.56. The topological polar surface area (TPSA) is 12.0 Å². The molecule has 1 unspecified atom stereocenters. The molecule has 0 aromatic heterocycles. The van der Waals surface area contributed by atoms with Crippen molar-refractivity contribution < 1.29 is 0 Å². The minimum Gasteiger partial charge on any atom is -0.388 e. The average molecular weight is 165 g/mol. The smallest absolute Gasteiger partial charge is 0.0262 e. The van der Waals surface area contributed by atoms with Crippen LogP contribution in [0, 0.1) is 5.41 Å². The molecule has 12 heavy (non-hydrogen) atoms. The van der Waals surface area contributed by atoms with E-state index in [1.54, 1.807) is 0 Å². The van der Waals surface area contributed by atoms with Crippen LogP contribution in [0.2, 0.25) is 0 Å². The van der Waals surface area contributed by atoms with Gasteiger partial charge < -0.3 is 5.32 Å². The first kappa shape index (κ1) is 9.37. The van der Waals surface area contributed by atoms with E-state index in [1.807, 2.05) is 0 Å². The van der Waals surface area contributed by atoms with Crippen molar-refractivity contribution in [2.45, 2.75) is 40.2 Å². The summed E-state index contributed by atoms with van der Waals surface area (Å²) in [5.74, 6) is 0. The molecule has 1 heteroatoms. The van der Waals surface area contributed by atoms with Crippen LogP contribution < -0.4 is 5.32 Å². The first-order valence-corrected chi connectivity index (χ1v) is 4.63. The van der Waals surface area contributed by atoms with E-state index >= 15 is 0 Å². The predicted molar refractivity (Wildman–Crippen MR) is 53.9 cm³/mol. The molecular weight excluding hydrogens is 146 g/mol. The van der Waals surface area contributed by atoms with E-state index in [4.69, 9.17) is 0 Å². The van der Waals surface area contributed by atoms with Gasteiger partial charge in [-0.15, -0.1) is 0 Å². The van der Waals surface area contributed by atoms with Gasteiger partial charge >= 0.3 is 0 Å². The Kier molecular flexibility index (Phi) is 2.61. The molecule has 1 rings (SSSR count). The Morgan fingerprint density at radius 1 is 1.42 bits per heavy atom. The highest BCUT2D eigenvalue weighted by molar-refractivity contribution is 5.25. The van der Waals surface area contributed by atoms with Crippen LogP contribution in [0.1, 0.15) is 34.1 Å². The zero-order chi connectivity index (χ0) is 9.19. The molecule has 0 amide bonds. The summed E-state index contributed by atoms with van der Waals surface area (Å²) in [5, 5.41) is 3.38. The molecule has 0 aliphatic carbocycles. The molecule has 1 heterocycles. The SMILES string of the molecule is CC1CC=CC(C(C)(C)C)=CN1. The largest absolute Gasteiger partial charge is 0.388 e. The quantitative estimate of drug-likeness (QED) is 0.582. The van der Waals surface area contributed by atoms with Crippen LogP contribution in [-0.4, -0.2) is 6.04 Å². The van der Waals surface area contributed by atoms with Gasteiger partial charge in [-0.3, -0.25) is 0 Å². The average Bonchev–Trinajstić information content (AvgIpc) is 2.11. The number of hydrogen-bond acceptors (Lipinski definition) is 1. The lowest BCUT2D eigenvalue weighted by Crippen LogP contribution is -2.20. The van der Waals surface area contributed by atoms with Crippen molar-refractivity contribution >= 4 is 0 Å². The number of allylic oxidation sites excluding steroid dienone is 2. The molecule has 0 aromatic rings. The molecule has 0 radical (unpaired) electrons. The highest BCUT2D eigenvalue weighted by Gasteiger charge is 2.15. The maximum Gasteiger partial charge on any atom is 0.0262 e. The second kappa shape index (κ2) is 3.34. The molecule has 0 saturated carbocycles. The second-order valence-corrected chi connectivity index (χ2v) is 4.56. The number of rotatable bonds is 0. The van der Waals surface area contributed by atoms with E-state index < -0.39 is 0 Å². The van der Waals surface area contributed by atoms with Crippen molar-refractivity contribution in [3.8, 4) is 0 Å². The van der Waals surface area contributed by atoms with Gasteiger partial charge in [-0.25, -0.2) is 0 Å². The van der Waals surface area contributed by atoms with E-state index in [2.05, 4.69) is 51.4 Å². The fourth-order valence-electron chi connectivity index (χ4n) is 1.21. The van der Waals surface area contributed by atoms with Crippen molar-refractivity contribution in [1.82, 2.24) is 5.32 Å². The third kappa shape index (κ3) is 2.40. The summed E-state index contributed by atoms with van der Waals surface area (Å²) in [6, 6.07) is 0.570. The molecule has 0 spiro atoms. The van der Waals surface area contributed by atoms with Crippen molar-refractivity contribution in [1.29, 1.82) is 0 Å². The fourth-order valence-corrected chi connectivity index (χ4v) is 1.21. The summed E-state index contributed by atoms with van der Waals surface area (Å²) in [6.07, 6.45) is 7.75. The van der Waals surface area contributed by atoms with Gasteiger partial charge in [0.25, 0.3) is 0 Å². The first-order chi connectivity index (χ1) is 5.50. The summed E-state index contributed by atoms with van der Waals surface area (Å²) < 4.78 is 0. The van der Waals surface area contributed by atoms with Crippen LogP contribution in [0.4, 0.5) is 0 Å². The Morgan fingerprint density at radius 2 is 2.08 bits per heavy atom. The fraction of sp³-hybridized carbons (Fsp3) is 0.636. The standard InChI is InChI=1S/C11H19N/c1-9-6-5-7-10(8-12-9)11(2,3)4/h5,7-9,12H,6H2,1-4H3. The maximum atomic E-state index is 3.38. The van der Waals surface area contributed by atoms with Gasteiger partial charge in [0.1, 0.15) is 0 Å². The van der Waals surface area contributed by atoms with Gasteiger partial charge in [0.2, 0.25) is 0 Å². The normalized spacial score (nSPS) is 24.3. The first-order valence-electron chi connectivity index (χ1n) is 4.63. The van der Waals surface area contributed by atoms with E-state index in [9.17, 15) is 0 Å². The van der Waals surface area contributed by atoms with Crippen LogP contribution in [0.5, 0.6) is 0 Å². The Morgan fingerprint density at radius 3 is 2.67 bits per heavy atom. The molecule has 1 nitrogen and oxygen atoms in total. The van der Waals surface area contributed by atoms with E-state index in [-0.39, 0.29) is 5.41 Å². The van der Waals surface area contributed by atoms with Crippen molar-refractivity contribution in [2.24, 2.45) is 5.41 Å². The summed E-state index contributed by atoms with van der Waals surface area (Å²) in [4.78, 5) is 0. The third-order valence-corrected chi connectivity index (χ3v) is 2.18. The van der Waals surface area contributed by atoms with Crippen molar-refractivity contribution in [3.05, 3.63) is 23.9 Å². The summed E-state index contributed by atoms with van der Waals surface area (Å²) in [5.41, 5.74) is 1.64. The van der Waals surface area contributed by atoms with E-state index in [1.165, 1.54) is 5.57 Å². The monoisotopic (exact) mass is 165 g/mol. The number of hydrogen-bond donors (Lipinski definition) is 1. The third-order valence-electron chi connectivity index (χ3n) is 2.18. The van der Waals surface area contributed by atoms with Crippen LogP contribution in [0.15, 0.2) is 23.9 Å². The molecular formula is C11H19N. The van der Waals surface area contributed by atoms with Crippen molar-refractivity contribution in [3.63, 3.8) is 0 Å². The van der Waals surface area contributed by atoms with Crippen LogP contribution in [0.25, 0.3) is 0 Å². The van der Waals surface area contributed by atoms with Crippen molar-refractivity contribution in [2.75, 3.05) is 0 Å². The molecule has 1 aliphatic rings. The lowest BCUT2D eigenvalue weighted by molar-refractivity contribution is 0.511. The van der Waals surface area contributed by atoms with Gasteiger partial charge in [0.15, 0.2) is 0 Å². The highest BCUT2D eigenvalue weighted by atomic mass is 14.9. The summed E-state index contributed by atoms with van der Waals surface area (Å²) in [6.45, 7) is 8.91. The Bertz CT molecular complexity index is 206. The van der Waals surface area contributed by atoms with Gasteiger partial charge in [-0.05, 0) is 24.3 Å². The Labute approximate surface area is 75.6 Å². The van der Waals surface area contributed by atoms with E-state index in [0.717, 1.165) is 6.42 Å². The molecule has 68 valence electrons. The summed E-state index contributed by atoms with van der Waals surface area (Å²) >= 11 is 0. The van der Waals surface area contributed by atoms with Crippen LogP contribution in [-0.2, 0) is 0 Å². The molecule has 0 aromatic carbocycles. The van der Waals surface area contributed by atoms with Gasteiger partial charge in [0, 0.05) is 12.2 Å². The van der Waals surface area contributed by atoms with Gasteiger partial charge in [-0.2, -0.15) is 0 Å². The lowest BCUT2D eigenvalue weighted by atomic mass is 9.87. The Balaban J connectivity index is 2.77. The van der Waals surface area contributed by atoms with Crippen LogP contribution >= 0.6 is 0 Å². The molecule has 0 fully saturated rings. The molecule has 1 N–H and O–H groups in total. The van der Waals surface area contributed by atoms with E-state index in [0.29, 0.717) is 6.04 Å². The zero-order valence-corrected chi connectivity index (χ0v) is 8.52. The highest BCUT2D eigenvalue weighted by Crippen LogP contribution is 2.26. The lowest BCUT2D eigenvalue weighted by Gasteiger charge is -2.19. The zero-order valence-electron chi connectivity index (χ0n) is 8.52. The molecule has 0 saturated heterocycles. The van der Waals surface area contributed by atoms with Gasteiger partial charge in [0.05, 0.1) is 0 Å². The molecule has 1 atom stereocenters.